The maximum absolute atomic E-state index is 12.8. The molecule has 0 N–H and O–H groups in total. The number of hydrogen-bond acceptors (Lipinski definition) is 6. The van der Waals surface area contributed by atoms with Crippen LogP contribution in [0.15, 0.2) is 60.3 Å². The van der Waals surface area contributed by atoms with Crippen LogP contribution in [0.5, 0.6) is 0 Å². The summed E-state index contributed by atoms with van der Waals surface area (Å²) < 4.78 is 3.04. The number of benzene rings is 1. The maximum atomic E-state index is 12.8. The summed E-state index contributed by atoms with van der Waals surface area (Å²) in [4.78, 5) is 22.3. The zero-order valence-electron chi connectivity index (χ0n) is 18.3. The standard InChI is InChI=1S/C26H21N5OS/c1-15-18-11-10-17-22(20-8-5-6-12-28-20)30-31(25-29-19-7-3-4-9-21(19)33-25)24(17)26(18,2)13-16(14-27)23(15)32/h3-9,12-13,15,18H,10-11H2,1-2H3/t15-,18-,26-/m1/s1. The van der Waals surface area contributed by atoms with Crippen molar-refractivity contribution in [1.82, 2.24) is 19.7 Å². The molecule has 6 rings (SSSR count). The number of nitriles is 1. The Morgan fingerprint density at radius 2 is 2.03 bits per heavy atom. The Hall–Kier alpha value is -3.63. The molecule has 3 atom stereocenters. The first-order chi connectivity index (χ1) is 16.0. The topological polar surface area (TPSA) is 84.5 Å². The Balaban J connectivity index is 1.67. The van der Waals surface area contributed by atoms with Gasteiger partial charge >= 0.3 is 0 Å². The van der Waals surface area contributed by atoms with Gasteiger partial charge in [0.05, 0.1) is 27.2 Å². The van der Waals surface area contributed by atoms with E-state index in [-0.39, 0.29) is 23.2 Å². The minimum atomic E-state index is -0.510. The smallest absolute Gasteiger partial charge is 0.211 e. The van der Waals surface area contributed by atoms with Gasteiger partial charge in [0, 0.05) is 23.1 Å². The van der Waals surface area contributed by atoms with Crippen LogP contribution in [0.25, 0.3) is 26.7 Å². The SMILES string of the molecule is C[C@H]1C(=O)C(C#N)=C[C@@]2(C)c3c(c(-c4ccccn4)nn3-c3nc4ccccc4s3)CC[C@H]12. The van der Waals surface area contributed by atoms with Crippen LogP contribution in [0.3, 0.4) is 0 Å². The number of pyridine rings is 1. The van der Waals surface area contributed by atoms with Crippen LogP contribution in [0.1, 0.15) is 31.5 Å². The third-order valence-electron chi connectivity index (χ3n) is 7.19. The molecule has 3 heterocycles. The maximum Gasteiger partial charge on any atom is 0.211 e. The average Bonchev–Trinajstić information content (AvgIpc) is 3.44. The molecule has 0 saturated heterocycles. The molecule has 4 aromatic rings. The molecule has 1 aromatic carbocycles. The first-order valence-electron chi connectivity index (χ1n) is 11.1. The van der Waals surface area contributed by atoms with Crippen LogP contribution in [-0.2, 0) is 16.6 Å². The van der Waals surface area contributed by atoms with Crippen molar-refractivity contribution in [2.75, 3.05) is 0 Å². The van der Waals surface area contributed by atoms with Crippen molar-refractivity contribution in [1.29, 1.82) is 5.26 Å². The number of hydrogen-bond donors (Lipinski definition) is 0. The summed E-state index contributed by atoms with van der Waals surface area (Å²) in [5, 5.41) is 15.6. The number of nitrogens with zero attached hydrogens (tertiary/aromatic N) is 5. The summed E-state index contributed by atoms with van der Waals surface area (Å²) >= 11 is 1.59. The number of Topliss-reactive ketones (excluding diaryl/α,β-unsaturated/α-hetero) is 1. The van der Waals surface area contributed by atoms with E-state index in [1.165, 1.54) is 0 Å². The number of ketones is 1. The zero-order valence-corrected chi connectivity index (χ0v) is 19.1. The molecule has 7 heteroatoms. The van der Waals surface area contributed by atoms with Gasteiger partial charge in [-0.25, -0.2) is 9.67 Å². The lowest BCUT2D eigenvalue weighted by atomic mass is 9.58. The van der Waals surface area contributed by atoms with Gasteiger partial charge in [0.25, 0.3) is 0 Å². The molecule has 6 nitrogen and oxygen atoms in total. The summed E-state index contributed by atoms with van der Waals surface area (Å²) in [5.41, 5.74) is 4.47. The van der Waals surface area contributed by atoms with Crippen molar-refractivity contribution in [3.8, 4) is 22.6 Å². The third kappa shape index (κ3) is 2.84. The second-order valence-corrected chi connectivity index (χ2v) is 10.0. The fourth-order valence-electron chi connectivity index (χ4n) is 5.64. The Bertz CT molecular complexity index is 1460. The average molecular weight is 452 g/mol. The predicted molar refractivity (Wildman–Crippen MR) is 127 cm³/mol. The van der Waals surface area contributed by atoms with E-state index in [1.807, 2.05) is 54.1 Å². The van der Waals surface area contributed by atoms with Gasteiger partial charge in [-0.05, 0) is 43.0 Å². The predicted octanol–water partition coefficient (Wildman–Crippen LogP) is 5.03. The molecule has 0 unspecified atom stereocenters. The van der Waals surface area contributed by atoms with E-state index in [1.54, 1.807) is 17.5 Å². The first kappa shape index (κ1) is 20.0. The van der Waals surface area contributed by atoms with E-state index in [0.717, 1.165) is 50.8 Å². The molecule has 162 valence electrons. The monoisotopic (exact) mass is 451 g/mol. The van der Waals surface area contributed by atoms with Crippen LogP contribution in [0.4, 0.5) is 0 Å². The Morgan fingerprint density at radius 1 is 1.21 bits per heavy atom. The van der Waals surface area contributed by atoms with E-state index in [9.17, 15) is 10.1 Å². The highest BCUT2D eigenvalue weighted by Crippen LogP contribution is 2.52. The molecular weight excluding hydrogens is 430 g/mol. The molecule has 0 bridgehead atoms. The van der Waals surface area contributed by atoms with Gasteiger partial charge in [-0.2, -0.15) is 10.4 Å². The van der Waals surface area contributed by atoms with E-state index >= 15 is 0 Å². The van der Waals surface area contributed by atoms with Crippen molar-refractivity contribution < 1.29 is 4.79 Å². The summed E-state index contributed by atoms with van der Waals surface area (Å²) in [6.45, 7) is 4.10. The molecule has 0 amide bonds. The quantitative estimate of drug-likeness (QED) is 0.427. The van der Waals surface area contributed by atoms with E-state index in [2.05, 4.69) is 24.0 Å². The van der Waals surface area contributed by atoms with Crippen molar-refractivity contribution in [3.05, 3.63) is 71.6 Å². The molecule has 2 aliphatic carbocycles. The van der Waals surface area contributed by atoms with Gasteiger partial charge in [-0.3, -0.25) is 9.78 Å². The largest absolute Gasteiger partial charge is 0.293 e. The molecule has 0 radical (unpaired) electrons. The lowest BCUT2D eigenvalue weighted by Crippen LogP contribution is -2.46. The van der Waals surface area contributed by atoms with Crippen LogP contribution in [0.2, 0.25) is 0 Å². The third-order valence-corrected chi connectivity index (χ3v) is 8.20. The number of thiazole rings is 1. The van der Waals surface area contributed by atoms with Crippen molar-refractivity contribution in [3.63, 3.8) is 0 Å². The van der Waals surface area contributed by atoms with Gasteiger partial charge in [-0.15, -0.1) is 0 Å². The number of para-hydroxylation sites is 1. The second kappa shape index (κ2) is 7.19. The number of carbonyl (C=O) groups excluding carboxylic acids is 1. The highest BCUT2D eigenvalue weighted by Gasteiger charge is 2.51. The molecule has 0 aliphatic heterocycles. The van der Waals surface area contributed by atoms with Gasteiger partial charge in [-0.1, -0.05) is 49.5 Å². The fourth-order valence-corrected chi connectivity index (χ4v) is 6.57. The molecule has 3 aromatic heterocycles. The highest BCUT2D eigenvalue weighted by atomic mass is 32.1. The molecule has 2 aliphatic rings. The molecule has 33 heavy (non-hydrogen) atoms. The van der Waals surface area contributed by atoms with E-state index < -0.39 is 5.41 Å². The normalized spacial score (nSPS) is 24.2. The van der Waals surface area contributed by atoms with Crippen LogP contribution >= 0.6 is 11.3 Å². The number of aromatic nitrogens is 4. The molecule has 0 saturated carbocycles. The summed E-state index contributed by atoms with van der Waals surface area (Å²) in [6.07, 6.45) is 5.32. The number of allylic oxidation sites excluding steroid dienone is 2. The lowest BCUT2D eigenvalue weighted by Gasteiger charge is -2.45. The second-order valence-electron chi connectivity index (χ2n) is 9.02. The van der Waals surface area contributed by atoms with Crippen molar-refractivity contribution >= 4 is 27.3 Å². The van der Waals surface area contributed by atoms with E-state index in [4.69, 9.17) is 10.1 Å². The molecule has 0 spiro atoms. The molecule has 0 fully saturated rings. The van der Waals surface area contributed by atoms with Gasteiger partial charge < -0.3 is 0 Å². The Labute approximate surface area is 195 Å². The van der Waals surface area contributed by atoms with Crippen LogP contribution < -0.4 is 0 Å². The minimum absolute atomic E-state index is 0.0561. The van der Waals surface area contributed by atoms with Crippen molar-refractivity contribution in [2.24, 2.45) is 11.8 Å². The van der Waals surface area contributed by atoms with Crippen LogP contribution in [0, 0.1) is 23.2 Å². The fraction of sp³-hybridized carbons (Fsp3) is 0.269. The van der Waals surface area contributed by atoms with Gasteiger partial charge in [0.2, 0.25) is 5.13 Å². The number of fused-ring (bicyclic) bond motifs is 4. The number of carbonyl (C=O) groups is 1. The van der Waals surface area contributed by atoms with E-state index in [0.29, 0.717) is 0 Å². The minimum Gasteiger partial charge on any atom is -0.293 e. The molecular formula is C26H21N5OS. The first-order valence-corrected chi connectivity index (χ1v) is 11.9. The zero-order chi connectivity index (χ0) is 22.7. The summed E-state index contributed by atoms with van der Waals surface area (Å²) in [5.74, 6) is -0.185. The lowest BCUT2D eigenvalue weighted by molar-refractivity contribution is -0.121. The highest BCUT2D eigenvalue weighted by molar-refractivity contribution is 7.20. The van der Waals surface area contributed by atoms with Crippen LogP contribution in [-0.4, -0.2) is 25.5 Å². The summed E-state index contributed by atoms with van der Waals surface area (Å²) in [7, 11) is 0. The Morgan fingerprint density at radius 3 is 2.79 bits per heavy atom. The van der Waals surface area contributed by atoms with Crippen molar-refractivity contribution in [2.45, 2.75) is 32.1 Å². The Kier molecular flexibility index (Phi) is 4.36. The van der Waals surface area contributed by atoms with Gasteiger partial charge in [0.15, 0.2) is 5.78 Å². The van der Waals surface area contributed by atoms with Gasteiger partial charge in [0.1, 0.15) is 11.8 Å². The summed E-state index contributed by atoms with van der Waals surface area (Å²) in [6, 6.07) is 16.0. The number of rotatable bonds is 2.